The number of aromatic nitrogens is 4. The molecule has 0 aromatic carbocycles. The first kappa shape index (κ1) is 14.9. The Morgan fingerprint density at radius 1 is 1.48 bits per heavy atom. The number of piperidine rings is 1. The van der Waals surface area contributed by atoms with Crippen molar-refractivity contribution in [2.45, 2.75) is 18.9 Å². The zero-order chi connectivity index (χ0) is 14.8. The van der Waals surface area contributed by atoms with Crippen LogP contribution in [-0.2, 0) is 4.74 Å². The Morgan fingerprint density at radius 3 is 3.14 bits per heavy atom. The maximum Gasteiger partial charge on any atom is 0.164 e. The molecule has 1 unspecified atom stereocenters. The second-order valence-corrected chi connectivity index (χ2v) is 6.30. The summed E-state index contributed by atoms with van der Waals surface area (Å²) in [5, 5.41) is 5.52. The molecule has 0 spiro atoms. The highest BCUT2D eigenvalue weighted by atomic mass is 127. The number of likely N-dealkylation sites (tertiary alicyclic amines) is 1. The molecule has 8 heteroatoms. The van der Waals surface area contributed by atoms with E-state index in [0.29, 0.717) is 11.9 Å². The summed E-state index contributed by atoms with van der Waals surface area (Å²) in [6.07, 6.45) is 3.78. The summed E-state index contributed by atoms with van der Waals surface area (Å²) in [6, 6.07) is 0.330. The molecule has 1 saturated heterocycles. The van der Waals surface area contributed by atoms with Gasteiger partial charge in [-0.2, -0.15) is 5.10 Å². The van der Waals surface area contributed by atoms with Gasteiger partial charge in [0.05, 0.1) is 18.0 Å². The zero-order valence-corrected chi connectivity index (χ0v) is 14.2. The van der Waals surface area contributed by atoms with E-state index < -0.39 is 0 Å². The fraction of sp³-hybridized carbons (Fsp3) is 0.615. The van der Waals surface area contributed by atoms with Gasteiger partial charge in [-0.3, -0.25) is 4.90 Å². The van der Waals surface area contributed by atoms with Gasteiger partial charge in [-0.15, -0.1) is 0 Å². The Hall–Kier alpha value is -1.00. The minimum absolute atomic E-state index is 0.330. The van der Waals surface area contributed by atoms with Crippen LogP contribution in [0.15, 0.2) is 6.33 Å². The van der Waals surface area contributed by atoms with Crippen LogP contribution in [0.4, 0.5) is 5.82 Å². The minimum Gasteiger partial charge on any atom is -0.383 e. The Morgan fingerprint density at radius 2 is 2.33 bits per heavy atom. The maximum absolute atomic E-state index is 5.96. The van der Waals surface area contributed by atoms with Crippen molar-refractivity contribution < 1.29 is 4.74 Å². The average molecular weight is 402 g/mol. The molecular formula is C13H19IN6O. The van der Waals surface area contributed by atoms with Crippen molar-refractivity contribution in [2.24, 2.45) is 0 Å². The standard InChI is InChI=1S/C13H19IN6O/c1-21-6-5-19-4-2-3-9(7-19)20-13-10(11(14)18-20)12(15)16-8-17-13/h8-9H,2-7H2,1H3,(H2,15,16,17). The molecule has 0 saturated carbocycles. The van der Waals surface area contributed by atoms with Crippen molar-refractivity contribution in [2.75, 3.05) is 39.1 Å². The summed E-state index contributed by atoms with van der Waals surface area (Å²) in [5.41, 5.74) is 6.80. The number of methoxy groups -OCH3 is 1. The quantitative estimate of drug-likeness (QED) is 0.777. The molecule has 114 valence electrons. The summed E-state index contributed by atoms with van der Waals surface area (Å²) in [7, 11) is 1.74. The number of ether oxygens (including phenoxy) is 1. The van der Waals surface area contributed by atoms with Crippen LogP contribution in [0, 0.1) is 3.70 Å². The van der Waals surface area contributed by atoms with Gasteiger partial charge < -0.3 is 10.5 Å². The number of anilines is 1. The highest BCUT2D eigenvalue weighted by molar-refractivity contribution is 14.1. The summed E-state index contributed by atoms with van der Waals surface area (Å²) >= 11 is 2.20. The molecule has 1 fully saturated rings. The predicted octanol–water partition coefficient (Wildman–Crippen LogP) is 1.30. The maximum atomic E-state index is 5.96. The summed E-state index contributed by atoms with van der Waals surface area (Å²) in [4.78, 5) is 10.9. The predicted molar refractivity (Wildman–Crippen MR) is 89.0 cm³/mol. The fourth-order valence-corrected chi connectivity index (χ4v) is 3.61. The van der Waals surface area contributed by atoms with E-state index in [-0.39, 0.29) is 0 Å². The number of rotatable bonds is 4. The molecule has 0 aliphatic carbocycles. The topological polar surface area (TPSA) is 82.1 Å². The first-order valence-corrected chi connectivity index (χ1v) is 8.14. The molecule has 2 aromatic rings. The number of hydrogen-bond acceptors (Lipinski definition) is 6. The van der Waals surface area contributed by atoms with Crippen LogP contribution in [0.1, 0.15) is 18.9 Å². The fourth-order valence-electron chi connectivity index (χ4n) is 2.86. The van der Waals surface area contributed by atoms with E-state index in [1.165, 1.54) is 6.33 Å². The molecule has 3 rings (SSSR count). The molecule has 1 atom stereocenters. The van der Waals surface area contributed by atoms with E-state index in [0.717, 1.165) is 53.8 Å². The van der Waals surface area contributed by atoms with E-state index in [2.05, 4.69) is 42.6 Å². The first-order chi connectivity index (χ1) is 10.2. The van der Waals surface area contributed by atoms with E-state index in [9.17, 15) is 0 Å². The second-order valence-electron chi connectivity index (χ2n) is 5.28. The molecule has 0 amide bonds. The van der Waals surface area contributed by atoms with Gasteiger partial charge in [0.15, 0.2) is 5.65 Å². The van der Waals surface area contributed by atoms with Crippen molar-refractivity contribution in [3.63, 3.8) is 0 Å². The number of nitrogen functional groups attached to an aromatic ring is 1. The van der Waals surface area contributed by atoms with Gasteiger partial charge in [0.25, 0.3) is 0 Å². The molecule has 1 aliphatic heterocycles. The van der Waals surface area contributed by atoms with Crippen molar-refractivity contribution in [3.05, 3.63) is 10.0 Å². The SMILES string of the molecule is COCCN1CCCC(n2nc(I)c3c(N)ncnc32)C1. The third-order valence-corrected chi connectivity index (χ3v) is 4.67. The lowest BCUT2D eigenvalue weighted by molar-refractivity contribution is 0.114. The molecular weight excluding hydrogens is 383 g/mol. The number of halogens is 1. The van der Waals surface area contributed by atoms with Gasteiger partial charge in [-0.05, 0) is 42.0 Å². The van der Waals surface area contributed by atoms with Crippen LogP contribution in [0.5, 0.6) is 0 Å². The van der Waals surface area contributed by atoms with E-state index in [4.69, 9.17) is 10.5 Å². The lowest BCUT2D eigenvalue weighted by Gasteiger charge is -2.32. The average Bonchev–Trinajstić information content (AvgIpc) is 2.84. The third kappa shape index (κ3) is 2.97. The van der Waals surface area contributed by atoms with Gasteiger partial charge in [0.1, 0.15) is 15.8 Å². The van der Waals surface area contributed by atoms with Crippen molar-refractivity contribution in [1.29, 1.82) is 0 Å². The zero-order valence-electron chi connectivity index (χ0n) is 12.0. The van der Waals surface area contributed by atoms with E-state index >= 15 is 0 Å². The van der Waals surface area contributed by atoms with Gasteiger partial charge >= 0.3 is 0 Å². The molecule has 7 nitrogen and oxygen atoms in total. The van der Waals surface area contributed by atoms with Crippen LogP contribution in [-0.4, -0.2) is 58.0 Å². The Kier molecular flexibility index (Phi) is 4.55. The highest BCUT2D eigenvalue weighted by Gasteiger charge is 2.25. The molecule has 1 aliphatic rings. The number of hydrogen-bond donors (Lipinski definition) is 1. The Balaban J connectivity index is 1.88. The smallest absolute Gasteiger partial charge is 0.164 e. The third-order valence-electron chi connectivity index (χ3n) is 3.91. The number of nitrogens with two attached hydrogens (primary N) is 1. The number of nitrogens with zero attached hydrogens (tertiary/aromatic N) is 5. The normalized spacial score (nSPS) is 20.2. The number of fused-ring (bicyclic) bond motifs is 1. The Bertz CT molecular complexity index is 630. The Labute approximate surface area is 137 Å². The molecule has 2 N–H and O–H groups in total. The van der Waals surface area contributed by atoms with E-state index in [1.807, 2.05) is 4.68 Å². The van der Waals surface area contributed by atoms with Crippen molar-refractivity contribution in [1.82, 2.24) is 24.6 Å². The van der Waals surface area contributed by atoms with Crippen LogP contribution in [0.2, 0.25) is 0 Å². The van der Waals surface area contributed by atoms with Crippen molar-refractivity contribution >= 4 is 39.4 Å². The molecule has 0 bridgehead atoms. The summed E-state index contributed by atoms with van der Waals surface area (Å²) < 4.78 is 8.07. The monoisotopic (exact) mass is 402 g/mol. The van der Waals surface area contributed by atoms with Crippen LogP contribution >= 0.6 is 22.6 Å². The van der Waals surface area contributed by atoms with Crippen LogP contribution in [0.25, 0.3) is 11.0 Å². The van der Waals surface area contributed by atoms with Crippen molar-refractivity contribution in [3.8, 4) is 0 Å². The molecule has 2 aromatic heterocycles. The molecule has 0 radical (unpaired) electrons. The summed E-state index contributed by atoms with van der Waals surface area (Å²) in [5.74, 6) is 0.502. The van der Waals surface area contributed by atoms with E-state index in [1.54, 1.807) is 7.11 Å². The second kappa shape index (κ2) is 6.41. The van der Waals surface area contributed by atoms with Gasteiger partial charge in [-0.1, -0.05) is 0 Å². The van der Waals surface area contributed by atoms with Gasteiger partial charge in [-0.25, -0.2) is 14.6 Å². The van der Waals surface area contributed by atoms with Crippen LogP contribution in [0.3, 0.4) is 0 Å². The summed E-state index contributed by atoms with van der Waals surface area (Å²) in [6.45, 7) is 3.81. The lowest BCUT2D eigenvalue weighted by atomic mass is 10.1. The van der Waals surface area contributed by atoms with Gasteiger partial charge in [0, 0.05) is 20.2 Å². The molecule has 21 heavy (non-hydrogen) atoms. The lowest BCUT2D eigenvalue weighted by Crippen LogP contribution is -2.38. The minimum atomic E-state index is 0.330. The largest absolute Gasteiger partial charge is 0.383 e. The molecule has 3 heterocycles. The highest BCUT2D eigenvalue weighted by Crippen LogP contribution is 2.28. The first-order valence-electron chi connectivity index (χ1n) is 7.06. The van der Waals surface area contributed by atoms with Crippen LogP contribution < -0.4 is 5.73 Å². The van der Waals surface area contributed by atoms with Gasteiger partial charge in [0.2, 0.25) is 0 Å².